The van der Waals surface area contributed by atoms with E-state index < -0.39 is 17.9 Å². The van der Waals surface area contributed by atoms with Crippen molar-refractivity contribution in [2.75, 3.05) is 85.6 Å². The first-order valence-corrected chi connectivity index (χ1v) is 9.45. The quantitative estimate of drug-likeness (QED) is 0.193. The number of carboxylic acids is 3. The number of likely N-dealkylation sites (N-methyl/N-ethyl adjacent to an activating group) is 1. The van der Waals surface area contributed by atoms with Gasteiger partial charge >= 0.3 is 17.9 Å². The summed E-state index contributed by atoms with van der Waals surface area (Å²) >= 11 is 0. The minimum absolute atomic E-state index is 0. The zero-order valence-electron chi connectivity index (χ0n) is 18.2. The molecule has 0 unspecified atom stereocenters. The van der Waals surface area contributed by atoms with Crippen LogP contribution in [0.1, 0.15) is 0 Å². The summed E-state index contributed by atoms with van der Waals surface area (Å²) in [6.07, 6.45) is 0. The Bertz CT molecular complexity index is 563. The summed E-state index contributed by atoms with van der Waals surface area (Å²) in [5.74, 6) is -3.14. The van der Waals surface area contributed by atoms with E-state index in [0.717, 1.165) is 0 Å². The van der Waals surface area contributed by atoms with Gasteiger partial charge in [-0.1, -0.05) is 0 Å². The average Bonchev–Trinajstić information content (AvgIpc) is 2.62. The summed E-state index contributed by atoms with van der Waals surface area (Å²) < 4.78 is 0. The molecule has 0 radical (unpaired) electrons. The van der Waals surface area contributed by atoms with Crippen LogP contribution in [0.3, 0.4) is 0 Å². The summed E-state index contributed by atoms with van der Waals surface area (Å²) in [6, 6.07) is 0. The van der Waals surface area contributed by atoms with Crippen LogP contribution in [-0.2, 0) is 19.2 Å². The third-order valence-corrected chi connectivity index (χ3v) is 4.65. The number of carbonyl (C=O) groups excluding carboxylic acids is 1. The van der Waals surface area contributed by atoms with Crippen LogP contribution in [-0.4, -0.2) is 144 Å². The molecule has 1 aliphatic heterocycles. The van der Waals surface area contributed by atoms with Crippen molar-refractivity contribution in [1.29, 1.82) is 0 Å². The van der Waals surface area contributed by atoms with E-state index in [1.807, 2.05) is 4.90 Å². The minimum Gasteiger partial charge on any atom is -1.00 e. The van der Waals surface area contributed by atoms with Crippen LogP contribution in [0.5, 0.6) is 0 Å². The van der Waals surface area contributed by atoms with Crippen LogP contribution >= 0.6 is 0 Å². The van der Waals surface area contributed by atoms with Crippen LogP contribution in [0.2, 0.25) is 0 Å². The molecule has 198 valence electrons. The number of amides is 1. The van der Waals surface area contributed by atoms with Crippen molar-refractivity contribution in [3.05, 3.63) is 0 Å². The van der Waals surface area contributed by atoms with E-state index in [0.29, 0.717) is 52.4 Å². The van der Waals surface area contributed by atoms with Crippen molar-refractivity contribution in [2.24, 2.45) is 0 Å². The van der Waals surface area contributed by atoms with E-state index in [4.69, 9.17) is 15.3 Å². The molecule has 0 atom stereocenters. The van der Waals surface area contributed by atoms with E-state index in [-0.39, 0.29) is 109 Å². The van der Waals surface area contributed by atoms with E-state index >= 15 is 0 Å². The van der Waals surface area contributed by atoms with Crippen molar-refractivity contribution in [1.82, 2.24) is 24.9 Å². The average molecular weight is 681 g/mol. The monoisotopic (exact) mass is 680 g/mol. The van der Waals surface area contributed by atoms with Crippen molar-refractivity contribution in [2.45, 2.75) is 0 Å². The van der Waals surface area contributed by atoms with E-state index in [1.54, 1.807) is 14.7 Å². The molecule has 0 aromatic carbocycles. The molecule has 12 nitrogen and oxygen atoms in total. The Morgan fingerprint density at radius 3 is 0.970 bits per heavy atom. The molecule has 33 heavy (non-hydrogen) atoms. The second-order valence-corrected chi connectivity index (χ2v) is 6.96. The van der Waals surface area contributed by atoms with Crippen LogP contribution in [0.15, 0.2) is 0 Å². The fourth-order valence-corrected chi connectivity index (χ4v) is 3.07. The fourth-order valence-electron chi connectivity index (χ4n) is 3.07. The Kier molecular flexibility index (Phi) is 27.2. The van der Waals surface area contributed by atoms with Crippen molar-refractivity contribution in [3.8, 4) is 0 Å². The molecule has 1 aliphatic rings. The van der Waals surface area contributed by atoms with Gasteiger partial charge in [-0.3, -0.25) is 38.8 Å². The first kappa shape index (κ1) is 40.1. The maximum atomic E-state index is 11.8. The predicted molar refractivity (Wildman–Crippen MR) is 103 cm³/mol. The SMILES string of the molecule is CNC(=O)CN1CCN(CC(=O)O)CCN(CC(=O)O)CCN(CC(=O)O)CC1.[Cl-].[Cl-].[Cl-].[Gd]. The van der Waals surface area contributed by atoms with Gasteiger partial charge in [0.2, 0.25) is 5.91 Å². The van der Waals surface area contributed by atoms with Gasteiger partial charge in [0.15, 0.2) is 0 Å². The van der Waals surface area contributed by atoms with Crippen LogP contribution in [0, 0.1) is 39.9 Å². The molecule has 1 rings (SSSR count). The third kappa shape index (κ3) is 19.9. The molecule has 1 fully saturated rings. The Morgan fingerprint density at radius 2 is 0.788 bits per heavy atom. The van der Waals surface area contributed by atoms with Gasteiger partial charge in [0, 0.05) is 99.3 Å². The number of rotatable bonds is 8. The third-order valence-electron chi connectivity index (χ3n) is 4.65. The summed E-state index contributed by atoms with van der Waals surface area (Å²) in [4.78, 5) is 52.2. The van der Waals surface area contributed by atoms with Gasteiger partial charge in [-0.2, -0.15) is 0 Å². The van der Waals surface area contributed by atoms with Gasteiger partial charge in [-0.15, -0.1) is 0 Å². The van der Waals surface area contributed by atoms with Crippen molar-refractivity contribution >= 4 is 23.8 Å². The molecule has 1 saturated heterocycles. The molecule has 16 heteroatoms. The zero-order valence-corrected chi connectivity index (χ0v) is 22.8. The molecule has 1 amide bonds. The summed E-state index contributed by atoms with van der Waals surface area (Å²) in [5.41, 5.74) is 0. The van der Waals surface area contributed by atoms with Gasteiger partial charge in [0.05, 0.1) is 26.2 Å². The first-order chi connectivity index (χ1) is 13.7. The molecular formula is C17H31Cl3GdN5O7-3. The smallest absolute Gasteiger partial charge is 0.317 e. The minimum atomic E-state index is -0.997. The van der Waals surface area contributed by atoms with Gasteiger partial charge in [-0.25, -0.2) is 0 Å². The zero-order chi connectivity index (χ0) is 21.8. The summed E-state index contributed by atoms with van der Waals surface area (Å²) in [6.45, 7) is 2.60. The van der Waals surface area contributed by atoms with Crippen molar-refractivity contribution < 1.29 is 112 Å². The maximum absolute atomic E-state index is 11.8. The molecule has 0 spiro atoms. The van der Waals surface area contributed by atoms with Crippen LogP contribution in [0.25, 0.3) is 0 Å². The Labute approximate surface area is 244 Å². The first-order valence-electron chi connectivity index (χ1n) is 9.45. The van der Waals surface area contributed by atoms with E-state index in [9.17, 15) is 19.2 Å². The number of carboxylic acid groups (broad SMARTS) is 3. The van der Waals surface area contributed by atoms with Crippen LogP contribution < -0.4 is 42.5 Å². The molecule has 0 aliphatic carbocycles. The normalized spacial score (nSPS) is 16.8. The fraction of sp³-hybridized carbons (Fsp3) is 0.765. The number of aliphatic carboxylic acids is 3. The summed E-state index contributed by atoms with van der Waals surface area (Å²) in [7, 11) is 1.53. The largest absolute Gasteiger partial charge is 1.00 e. The number of carbonyl (C=O) groups is 4. The molecule has 1 heterocycles. The Morgan fingerprint density at radius 1 is 0.576 bits per heavy atom. The molecular weight excluding hydrogens is 650 g/mol. The molecule has 0 aromatic heterocycles. The maximum Gasteiger partial charge on any atom is 0.317 e. The van der Waals surface area contributed by atoms with Crippen molar-refractivity contribution in [3.63, 3.8) is 0 Å². The molecule has 0 aromatic rings. The Hall–Kier alpha value is -0.0853. The van der Waals surface area contributed by atoms with Crippen LogP contribution in [0.4, 0.5) is 0 Å². The number of hydrogen-bond acceptors (Lipinski definition) is 8. The number of nitrogens with one attached hydrogen (secondary N) is 1. The van der Waals surface area contributed by atoms with Gasteiger partial charge in [0.25, 0.3) is 0 Å². The molecule has 0 saturated carbocycles. The molecule has 4 N–H and O–H groups in total. The van der Waals surface area contributed by atoms with Gasteiger partial charge in [0.1, 0.15) is 0 Å². The topological polar surface area (TPSA) is 154 Å². The molecule has 0 bridgehead atoms. The second kappa shape index (κ2) is 22.4. The summed E-state index contributed by atoms with van der Waals surface area (Å²) in [5, 5.41) is 30.0. The number of nitrogens with zero attached hydrogens (tertiary/aromatic N) is 4. The predicted octanol–water partition coefficient (Wildman–Crippen LogP) is -11.8. The number of hydrogen-bond donors (Lipinski definition) is 4. The van der Waals surface area contributed by atoms with E-state index in [2.05, 4.69) is 5.32 Å². The Balaban J connectivity index is -0.00000105. The van der Waals surface area contributed by atoms with Gasteiger partial charge < -0.3 is 57.9 Å². The second-order valence-electron chi connectivity index (χ2n) is 6.96. The number of halogens is 3. The van der Waals surface area contributed by atoms with E-state index in [1.165, 1.54) is 7.05 Å². The van der Waals surface area contributed by atoms with Gasteiger partial charge in [-0.05, 0) is 0 Å². The standard InChI is InChI=1S/C17H31N5O7.3ClH.Gd/c1-18-14(23)10-19-2-4-20(11-15(24)25)6-8-22(13-17(28)29)9-7-21(5-3-19)12-16(26)27;;;;/h2-13H2,1H3,(H,18,23)(H,24,25)(H,26,27)(H,28,29);3*1H;/p-3.